The Hall–Kier alpha value is -2.49. The zero-order chi connectivity index (χ0) is 18.6. The van der Waals surface area contributed by atoms with Gasteiger partial charge in [-0.2, -0.15) is 0 Å². The van der Waals surface area contributed by atoms with E-state index in [1.807, 2.05) is 24.4 Å². The molecule has 0 saturated carbocycles. The fraction of sp³-hybridized carbons (Fsp3) is 0.435. The zero-order valence-corrected chi connectivity index (χ0v) is 16.3. The lowest BCUT2D eigenvalue weighted by atomic mass is 9.89. The number of aryl methyl sites for hydroxylation is 1. The molecule has 2 aliphatic rings. The maximum absolute atomic E-state index is 5.61. The first kappa shape index (κ1) is 17.9. The van der Waals surface area contributed by atoms with Crippen molar-refractivity contribution in [2.75, 3.05) is 7.11 Å². The van der Waals surface area contributed by atoms with Gasteiger partial charge in [-0.05, 0) is 61.4 Å². The molecule has 0 saturated heterocycles. The second kappa shape index (κ2) is 8.03. The number of aromatic amines is 2. The predicted octanol–water partition coefficient (Wildman–Crippen LogP) is 5.72. The minimum Gasteiger partial charge on any atom is -0.494 e. The number of methoxy groups -OCH3 is 1. The van der Waals surface area contributed by atoms with Crippen LogP contribution in [0.3, 0.4) is 0 Å². The standard InChI is InChI=1S/C23H29N3O/c1-3-16-9-6-4-5-7-10-17-13-18(16)20(25-17)14-22-23(27-2)15-21(26-22)19-11-8-12-24-19/h8,11-16,24-25H,3-7,9-10H2,1-2H3/b22-14+/t16-/m1/s1. The molecule has 4 nitrogen and oxygen atoms in total. The van der Waals surface area contributed by atoms with E-state index in [4.69, 9.17) is 9.73 Å². The van der Waals surface area contributed by atoms with Gasteiger partial charge in [0.1, 0.15) is 11.5 Å². The molecule has 142 valence electrons. The third kappa shape index (κ3) is 3.80. The molecular formula is C23H29N3O. The first-order valence-electron chi connectivity index (χ1n) is 10.2. The number of aliphatic imine (C=N–C) groups is 1. The molecule has 0 spiro atoms. The summed E-state index contributed by atoms with van der Waals surface area (Å²) in [6, 6.07) is 6.42. The van der Waals surface area contributed by atoms with E-state index in [1.165, 1.54) is 55.5 Å². The van der Waals surface area contributed by atoms with E-state index >= 15 is 0 Å². The summed E-state index contributed by atoms with van der Waals surface area (Å²) in [5, 5.41) is 0. The molecule has 3 heterocycles. The number of fused-ring (bicyclic) bond motifs is 2. The van der Waals surface area contributed by atoms with Crippen molar-refractivity contribution in [1.82, 2.24) is 9.97 Å². The largest absolute Gasteiger partial charge is 0.494 e. The lowest BCUT2D eigenvalue weighted by Crippen LogP contribution is -1.99. The summed E-state index contributed by atoms with van der Waals surface area (Å²) in [5.41, 5.74) is 6.82. The molecule has 2 bridgehead atoms. The smallest absolute Gasteiger partial charge is 0.146 e. The van der Waals surface area contributed by atoms with Gasteiger partial charge in [-0.25, -0.2) is 4.99 Å². The Morgan fingerprint density at radius 1 is 1.26 bits per heavy atom. The highest BCUT2D eigenvalue weighted by Crippen LogP contribution is 2.34. The second-order valence-electron chi connectivity index (χ2n) is 7.54. The van der Waals surface area contributed by atoms with E-state index in [9.17, 15) is 0 Å². The quantitative estimate of drug-likeness (QED) is 0.717. The Bertz CT molecular complexity index is 868. The van der Waals surface area contributed by atoms with Crippen molar-refractivity contribution < 1.29 is 4.74 Å². The van der Waals surface area contributed by atoms with E-state index in [-0.39, 0.29) is 0 Å². The number of ether oxygens (including phenoxy) is 1. The number of nitrogens with one attached hydrogen (secondary N) is 2. The molecule has 0 aromatic carbocycles. The van der Waals surface area contributed by atoms with Crippen molar-refractivity contribution in [3.05, 3.63) is 64.6 Å². The van der Waals surface area contributed by atoms with E-state index in [1.54, 1.807) is 7.11 Å². The lowest BCUT2D eigenvalue weighted by Gasteiger charge is -2.15. The fourth-order valence-corrected chi connectivity index (χ4v) is 4.22. The number of hydrogen-bond donors (Lipinski definition) is 2. The molecule has 1 atom stereocenters. The molecule has 0 unspecified atom stereocenters. The molecule has 1 aliphatic heterocycles. The van der Waals surface area contributed by atoms with Crippen LogP contribution in [0.4, 0.5) is 0 Å². The van der Waals surface area contributed by atoms with Gasteiger partial charge in [0.15, 0.2) is 0 Å². The van der Waals surface area contributed by atoms with Gasteiger partial charge in [0.05, 0.1) is 18.5 Å². The van der Waals surface area contributed by atoms with Gasteiger partial charge >= 0.3 is 0 Å². The number of rotatable bonds is 4. The average Bonchev–Trinajstić information content (AvgIpc) is 3.41. The summed E-state index contributed by atoms with van der Waals surface area (Å²) >= 11 is 0. The average molecular weight is 364 g/mol. The summed E-state index contributed by atoms with van der Waals surface area (Å²) in [7, 11) is 1.71. The molecular weight excluding hydrogens is 334 g/mol. The van der Waals surface area contributed by atoms with Crippen LogP contribution >= 0.6 is 0 Å². The molecule has 1 aliphatic carbocycles. The Labute approximate surface area is 161 Å². The Morgan fingerprint density at radius 2 is 2.15 bits per heavy atom. The van der Waals surface area contributed by atoms with Gasteiger partial charge in [-0.3, -0.25) is 0 Å². The maximum atomic E-state index is 5.61. The first-order chi connectivity index (χ1) is 13.3. The molecule has 0 fully saturated rings. The maximum Gasteiger partial charge on any atom is 0.146 e. The number of nitrogens with zero attached hydrogens (tertiary/aromatic N) is 1. The van der Waals surface area contributed by atoms with Crippen molar-refractivity contribution in [1.29, 1.82) is 0 Å². The normalized spacial score (nSPS) is 21.9. The minimum atomic E-state index is 0.614. The molecule has 0 radical (unpaired) electrons. The van der Waals surface area contributed by atoms with Crippen molar-refractivity contribution in [3.63, 3.8) is 0 Å². The molecule has 0 amide bonds. The van der Waals surface area contributed by atoms with Crippen LogP contribution in [0.5, 0.6) is 0 Å². The summed E-state index contributed by atoms with van der Waals surface area (Å²) in [6.45, 7) is 2.30. The van der Waals surface area contributed by atoms with Gasteiger partial charge in [-0.15, -0.1) is 0 Å². The highest BCUT2D eigenvalue weighted by Gasteiger charge is 2.21. The summed E-state index contributed by atoms with van der Waals surface area (Å²) in [4.78, 5) is 11.7. The number of aromatic nitrogens is 2. The van der Waals surface area contributed by atoms with Crippen molar-refractivity contribution >= 4 is 11.8 Å². The highest BCUT2D eigenvalue weighted by atomic mass is 16.5. The van der Waals surface area contributed by atoms with E-state index in [0.717, 1.165) is 29.3 Å². The predicted molar refractivity (Wildman–Crippen MR) is 111 cm³/mol. The van der Waals surface area contributed by atoms with Crippen LogP contribution in [0, 0.1) is 0 Å². The zero-order valence-electron chi connectivity index (χ0n) is 16.3. The van der Waals surface area contributed by atoms with Crippen LogP contribution < -0.4 is 0 Å². The van der Waals surface area contributed by atoms with Crippen LogP contribution in [0.15, 0.2) is 46.9 Å². The van der Waals surface area contributed by atoms with E-state index < -0.39 is 0 Å². The van der Waals surface area contributed by atoms with Gasteiger partial charge in [-0.1, -0.05) is 26.2 Å². The number of H-pyrrole nitrogens is 2. The Kier molecular flexibility index (Phi) is 5.33. The topological polar surface area (TPSA) is 53.2 Å². The molecule has 2 N–H and O–H groups in total. The Morgan fingerprint density at radius 3 is 2.93 bits per heavy atom. The SMILES string of the molecule is CC[C@@H]1CCCCCCc2cc1c(/C=C1/N=C(c3ccc[nH]3)C=C1OC)[nH]2. The van der Waals surface area contributed by atoms with Crippen LogP contribution in [0.2, 0.25) is 0 Å². The molecule has 2 aromatic heterocycles. The highest BCUT2D eigenvalue weighted by molar-refractivity contribution is 6.11. The third-order valence-electron chi connectivity index (χ3n) is 5.75. The summed E-state index contributed by atoms with van der Waals surface area (Å²) in [5.74, 6) is 1.43. The van der Waals surface area contributed by atoms with Gasteiger partial charge in [0.2, 0.25) is 0 Å². The molecule has 2 aromatic rings. The first-order valence-corrected chi connectivity index (χ1v) is 10.2. The van der Waals surface area contributed by atoms with Crippen LogP contribution in [0.1, 0.15) is 74.0 Å². The monoisotopic (exact) mass is 363 g/mol. The van der Waals surface area contributed by atoms with Gasteiger partial charge in [0, 0.05) is 23.7 Å². The van der Waals surface area contributed by atoms with Crippen molar-refractivity contribution in [2.45, 2.75) is 57.8 Å². The van der Waals surface area contributed by atoms with Crippen LogP contribution in [0.25, 0.3) is 6.08 Å². The molecule has 27 heavy (non-hydrogen) atoms. The molecule has 4 rings (SSSR count). The summed E-state index contributed by atoms with van der Waals surface area (Å²) < 4.78 is 5.61. The van der Waals surface area contributed by atoms with Gasteiger partial charge < -0.3 is 14.7 Å². The van der Waals surface area contributed by atoms with Gasteiger partial charge in [0.25, 0.3) is 0 Å². The summed E-state index contributed by atoms with van der Waals surface area (Å²) in [6.07, 6.45) is 15.0. The Balaban J connectivity index is 1.72. The van der Waals surface area contributed by atoms with E-state index in [2.05, 4.69) is 29.0 Å². The molecule has 4 heteroatoms. The third-order valence-corrected chi connectivity index (χ3v) is 5.75. The van der Waals surface area contributed by atoms with Crippen LogP contribution in [-0.4, -0.2) is 22.8 Å². The lowest BCUT2D eigenvalue weighted by molar-refractivity contribution is 0.303. The van der Waals surface area contributed by atoms with E-state index in [0.29, 0.717) is 5.92 Å². The fourth-order valence-electron chi connectivity index (χ4n) is 4.22. The minimum absolute atomic E-state index is 0.614. The number of hydrogen-bond acceptors (Lipinski definition) is 2. The van der Waals surface area contributed by atoms with Crippen LogP contribution in [-0.2, 0) is 11.2 Å². The van der Waals surface area contributed by atoms with Crippen molar-refractivity contribution in [2.24, 2.45) is 4.99 Å². The number of allylic oxidation sites excluding steroid dienone is 1. The van der Waals surface area contributed by atoms with Crippen molar-refractivity contribution in [3.8, 4) is 0 Å². The second-order valence-corrected chi connectivity index (χ2v) is 7.54.